The standard InChI is InChI=1S/C25H23F6N7O2/c1-15(39)37-6-3-23(4-7-37)13-38(14-23)21-10-20(34-19-9-18(2-5-33-19)40-25(29,30)31)35-22(36-21)16-8-17(12-32-11-16)24(26,27)28/h2,5,8-12H,3-4,6-7,13-14H2,1H3,(H,33,34,35,36). The Kier molecular flexibility index (Phi) is 6.92. The molecule has 15 heteroatoms. The summed E-state index contributed by atoms with van der Waals surface area (Å²) < 4.78 is 81.9. The van der Waals surface area contributed by atoms with Crippen LogP contribution in [-0.2, 0) is 11.0 Å². The van der Waals surface area contributed by atoms with Gasteiger partial charge in [0.2, 0.25) is 5.91 Å². The van der Waals surface area contributed by atoms with Gasteiger partial charge in [0.05, 0.1) is 5.56 Å². The van der Waals surface area contributed by atoms with Crippen molar-refractivity contribution in [3.63, 3.8) is 0 Å². The molecule has 5 rings (SSSR count). The van der Waals surface area contributed by atoms with Crippen LogP contribution in [0.25, 0.3) is 11.4 Å². The monoisotopic (exact) mass is 567 g/mol. The Morgan fingerprint density at radius 1 is 1.00 bits per heavy atom. The molecule has 1 N–H and O–H groups in total. The van der Waals surface area contributed by atoms with Gasteiger partial charge in [-0.25, -0.2) is 15.0 Å². The first-order valence-electron chi connectivity index (χ1n) is 12.2. The van der Waals surface area contributed by atoms with Gasteiger partial charge in [-0.15, -0.1) is 13.2 Å². The molecule has 0 aromatic carbocycles. The molecule has 1 spiro atoms. The molecule has 0 unspecified atom stereocenters. The van der Waals surface area contributed by atoms with E-state index in [4.69, 9.17) is 0 Å². The molecule has 2 aliphatic rings. The number of carbonyl (C=O) groups is 1. The molecular formula is C25H23F6N7O2. The van der Waals surface area contributed by atoms with Gasteiger partial charge in [0.25, 0.3) is 0 Å². The molecule has 3 aromatic rings. The van der Waals surface area contributed by atoms with E-state index in [1.54, 1.807) is 11.0 Å². The second kappa shape index (κ2) is 10.1. The second-order valence-electron chi connectivity index (χ2n) is 9.81. The van der Waals surface area contributed by atoms with Crippen molar-refractivity contribution in [2.75, 3.05) is 36.4 Å². The number of halogens is 6. The van der Waals surface area contributed by atoms with Gasteiger partial charge in [-0.05, 0) is 25.0 Å². The number of anilines is 3. The minimum absolute atomic E-state index is 0.00634. The van der Waals surface area contributed by atoms with Crippen molar-refractivity contribution >= 4 is 23.4 Å². The molecule has 3 aromatic heterocycles. The highest BCUT2D eigenvalue weighted by Gasteiger charge is 2.46. The van der Waals surface area contributed by atoms with Crippen molar-refractivity contribution in [2.45, 2.75) is 32.3 Å². The molecule has 0 atom stereocenters. The van der Waals surface area contributed by atoms with Crippen molar-refractivity contribution < 1.29 is 35.9 Å². The summed E-state index contributed by atoms with van der Waals surface area (Å²) >= 11 is 0. The minimum Gasteiger partial charge on any atom is -0.406 e. The number of hydrogen-bond donors (Lipinski definition) is 1. The van der Waals surface area contributed by atoms with Crippen LogP contribution < -0.4 is 15.0 Å². The predicted octanol–water partition coefficient (Wildman–Crippen LogP) is 5.04. The Morgan fingerprint density at radius 2 is 1.73 bits per heavy atom. The third-order valence-corrected chi connectivity index (χ3v) is 6.90. The number of rotatable bonds is 5. The molecule has 5 heterocycles. The molecule has 2 saturated heterocycles. The molecule has 9 nitrogen and oxygen atoms in total. The fourth-order valence-corrected chi connectivity index (χ4v) is 4.85. The van der Waals surface area contributed by atoms with Gasteiger partial charge in [-0.1, -0.05) is 0 Å². The van der Waals surface area contributed by atoms with Crippen molar-refractivity contribution in [3.8, 4) is 17.1 Å². The Labute approximate surface area is 224 Å². The van der Waals surface area contributed by atoms with Gasteiger partial charge in [0, 0.05) is 74.8 Å². The lowest BCUT2D eigenvalue weighted by molar-refractivity contribution is -0.274. The van der Waals surface area contributed by atoms with Crippen LogP contribution in [0, 0.1) is 5.41 Å². The molecule has 0 bridgehead atoms. The molecule has 40 heavy (non-hydrogen) atoms. The van der Waals surface area contributed by atoms with Gasteiger partial charge < -0.3 is 19.9 Å². The molecular weight excluding hydrogens is 544 g/mol. The highest BCUT2D eigenvalue weighted by molar-refractivity contribution is 5.73. The van der Waals surface area contributed by atoms with Crippen molar-refractivity contribution in [1.29, 1.82) is 0 Å². The second-order valence-corrected chi connectivity index (χ2v) is 9.81. The SMILES string of the molecule is CC(=O)N1CCC2(CC1)CN(c1cc(Nc3cc(OC(F)(F)F)ccn3)nc(-c3cncc(C(F)(F)F)c3)n1)C2. The first-order chi connectivity index (χ1) is 18.8. The van der Waals surface area contributed by atoms with Crippen molar-refractivity contribution in [2.24, 2.45) is 5.41 Å². The fourth-order valence-electron chi connectivity index (χ4n) is 4.85. The molecule has 2 aliphatic heterocycles. The van der Waals surface area contributed by atoms with E-state index in [1.807, 2.05) is 4.90 Å². The number of aromatic nitrogens is 4. The number of ether oxygens (including phenoxy) is 1. The van der Waals surface area contributed by atoms with Gasteiger partial charge in [0.1, 0.15) is 23.2 Å². The fraction of sp³-hybridized carbons (Fsp3) is 0.400. The lowest BCUT2D eigenvalue weighted by Gasteiger charge is -2.54. The topological polar surface area (TPSA) is 96.4 Å². The molecule has 1 amide bonds. The Bertz CT molecular complexity index is 1400. The summed E-state index contributed by atoms with van der Waals surface area (Å²) in [5.41, 5.74) is -0.994. The Hall–Kier alpha value is -4.17. The number of alkyl halides is 6. The average Bonchev–Trinajstić information content (AvgIpc) is 2.86. The summed E-state index contributed by atoms with van der Waals surface area (Å²) in [6.07, 6.45) is -4.94. The summed E-state index contributed by atoms with van der Waals surface area (Å²) in [5.74, 6) is -0.0723. The van der Waals surface area contributed by atoms with Gasteiger partial charge in [0.15, 0.2) is 5.82 Å². The summed E-state index contributed by atoms with van der Waals surface area (Å²) in [4.78, 5) is 31.9. The molecule has 212 valence electrons. The van der Waals surface area contributed by atoms with Crippen LogP contribution in [0.2, 0.25) is 0 Å². The molecule has 0 aliphatic carbocycles. The van der Waals surface area contributed by atoms with E-state index >= 15 is 0 Å². The number of amides is 1. The highest BCUT2D eigenvalue weighted by atomic mass is 19.4. The predicted molar refractivity (Wildman–Crippen MR) is 131 cm³/mol. The van der Waals surface area contributed by atoms with Crippen LogP contribution in [0.15, 0.2) is 42.9 Å². The first-order valence-corrected chi connectivity index (χ1v) is 12.2. The quantitative estimate of drug-likeness (QED) is 0.429. The summed E-state index contributed by atoms with van der Waals surface area (Å²) in [7, 11) is 0. The lowest BCUT2D eigenvalue weighted by atomic mass is 9.72. The van der Waals surface area contributed by atoms with Crippen molar-refractivity contribution in [1.82, 2.24) is 24.8 Å². The number of carbonyl (C=O) groups excluding carboxylic acids is 1. The van der Waals surface area contributed by atoms with Crippen LogP contribution in [0.1, 0.15) is 25.3 Å². The normalized spacial score (nSPS) is 17.0. The molecule has 0 radical (unpaired) electrons. The minimum atomic E-state index is -4.90. The van der Waals surface area contributed by atoms with Crippen LogP contribution in [-0.4, -0.2) is 63.3 Å². The lowest BCUT2D eigenvalue weighted by Crippen LogP contribution is -2.61. The zero-order valence-corrected chi connectivity index (χ0v) is 21.1. The third-order valence-electron chi connectivity index (χ3n) is 6.90. The van der Waals surface area contributed by atoms with E-state index in [1.165, 1.54) is 13.1 Å². The van der Waals surface area contributed by atoms with E-state index in [0.717, 1.165) is 37.2 Å². The van der Waals surface area contributed by atoms with E-state index in [2.05, 4.69) is 30.0 Å². The largest absolute Gasteiger partial charge is 0.573 e. The van der Waals surface area contributed by atoms with Crippen LogP contribution in [0.3, 0.4) is 0 Å². The molecule has 2 fully saturated rings. The van der Waals surface area contributed by atoms with Crippen LogP contribution in [0.4, 0.5) is 43.8 Å². The summed E-state index contributed by atoms with van der Waals surface area (Å²) in [5, 5.41) is 2.79. The number of nitrogens with zero attached hydrogens (tertiary/aromatic N) is 6. The third kappa shape index (κ3) is 6.18. The number of piperidine rings is 1. The summed E-state index contributed by atoms with van der Waals surface area (Å²) in [6, 6.07) is 4.46. The highest BCUT2D eigenvalue weighted by Crippen LogP contribution is 2.43. The van der Waals surface area contributed by atoms with E-state index < -0.39 is 23.9 Å². The number of hydrogen-bond acceptors (Lipinski definition) is 8. The van der Waals surface area contributed by atoms with Crippen molar-refractivity contribution in [3.05, 3.63) is 48.4 Å². The van der Waals surface area contributed by atoms with E-state index in [0.29, 0.717) is 38.2 Å². The first kappa shape index (κ1) is 27.4. The van der Waals surface area contributed by atoms with Crippen LogP contribution in [0.5, 0.6) is 5.75 Å². The average molecular weight is 567 g/mol. The smallest absolute Gasteiger partial charge is 0.406 e. The molecule has 0 saturated carbocycles. The maximum Gasteiger partial charge on any atom is 0.573 e. The van der Waals surface area contributed by atoms with E-state index in [9.17, 15) is 31.1 Å². The maximum absolute atomic E-state index is 13.3. The van der Waals surface area contributed by atoms with Gasteiger partial charge in [-0.3, -0.25) is 9.78 Å². The Balaban J connectivity index is 1.44. The number of nitrogens with one attached hydrogen (secondary N) is 1. The number of pyridine rings is 2. The Morgan fingerprint density at radius 3 is 2.38 bits per heavy atom. The maximum atomic E-state index is 13.3. The zero-order valence-electron chi connectivity index (χ0n) is 21.1. The van der Waals surface area contributed by atoms with Gasteiger partial charge in [-0.2, -0.15) is 13.2 Å². The summed E-state index contributed by atoms with van der Waals surface area (Å²) in [6.45, 7) is 4.04. The zero-order chi connectivity index (χ0) is 28.7. The van der Waals surface area contributed by atoms with Crippen LogP contribution >= 0.6 is 0 Å². The number of likely N-dealkylation sites (tertiary alicyclic amines) is 1. The van der Waals surface area contributed by atoms with E-state index in [-0.39, 0.29) is 34.3 Å². The van der Waals surface area contributed by atoms with Gasteiger partial charge >= 0.3 is 12.5 Å².